The average Bonchev–Trinajstić information content (AvgIpc) is 3.23. The number of benzene rings is 2. The molecular formula is C26H30ClN5O3S. The number of anilines is 1. The molecule has 0 bridgehead atoms. The van der Waals surface area contributed by atoms with Gasteiger partial charge < -0.3 is 19.9 Å². The fraction of sp³-hybridized carbons (Fsp3) is 0.308. The lowest BCUT2D eigenvalue weighted by Crippen LogP contribution is -2.34. The van der Waals surface area contributed by atoms with E-state index in [0.717, 1.165) is 5.56 Å². The van der Waals surface area contributed by atoms with Crippen LogP contribution >= 0.6 is 23.4 Å². The summed E-state index contributed by atoms with van der Waals surface area (Å²) in [5, 5.41) is 15.5. The Morgan fingerprint density at radius 3 is 2.64 bits per heavy atom. The zero-order valence-corrected chi connectivity index (χ0v) is 22.3. The van der Waals surface area contributed by atoms with Gasteiger partial charge in [-0.1, -0.05) is 61.5 Å². The second kappa shape index (κ2) is 12.6. The molecule has 190 valence electrons. The van der Waals surface area contributed by atoms with Crippen molar-refractivity contribution < 1.29 is 14.3 Å². The van der Waals surface area contributed by atoms with Crippen molar-refractivity contribution in [1.82, 2.24) is 20.1 Å². The van der Waals surface area contributed by atoms with Crippen molar-refractivity contribution in [3.63, 3.8) is 0 Å². The molecule has 1 atom stereocenters. The first kappa shape index (κ1) is 27.3. The van der Waals surface area contributed by atoms with E-state index in [0.29, 0.717) is 39.5 Å². The van der Waals surface area contributed by atoms with Crippen LogP contribution in [0, 0.1) is 12.8 Å². The van der Waals surface area contributed by atoms with E-state index in [-0.39, 0.29) is 23.5 Å². The summed E-state index contributed by atoms with van der Waals surface area (Å²) in [6, 6.07) is 12.0. The Bertz CT molecular complexity index is 1240. The highest BCUT2D eigenvalue weighted by Gasteiger charge is 2.27. The normalized spacial score (nSPS) is 11.7. The number of halogens is 1. The molecule has 2 N–H and O–H groups in total. The van der Waals surface area contributed by atoms with E-state index in [1.807, 2.05) is 43.5 Å². The van der Waals surface area contributed by atoms with Gasteiger partial charge in [0.05, 0.1) is 35.2 Å². The van der Waals surface area contributed by atoms with Crippen LogP contribution in [0.2, 0.25) is 5.02 Å². The van der Waals surface area contributed by atoms with Gasteiger partial charge in [0.15, 0.2) is 11.0 Å². The lowest BCUT2D eigenvalue weighted by molar-refractivity contribution is -0.113. The number of hydrogen-bond acceptors (Lipinski definition) is 6. The lowest BCUT2D eigenvalue weighted by atomic mass is 10.0. The Kier molecular flexibility index (Phi) is 9.55. The van der Waals surface area contributed by atoms with Gasteiger partial charge in [-0.3, -0.25) is 9.59 Å². The van der Waals surface area contributed by atoms with Crippen molar-refractivity contribution in [2.75, 3.05) is 18.2 Å². The smallest absolute Gasteiger partial charge is 0.253 e. The number of methoxy groups -OCH3 is 1. The molecule has 8 nitrogen and oxygen atoms in total. The molecule has 0 aliphatic rings. The Hall–Kier alpha value is -3.30. The molecule has 1 aromatic heterocycles. The maximum Gasteiger partial charge on any atom is 0.253 e. The monoisotopic (exact) mass is 527 g/mol. The van der Waals surface area contributed by atoms with E-state index in [4.69, 9.17) is 16.3 Å². The van der Waals surface area contributed by atoms with Gasteiger partial charge in [-0.2, -0.15) is 0 Å². The minimum Gasteiger partial charge on any atom is -0.495 e. The number of nitrogens with zero attached hydrogens (tertiary/aromatic N) is 3. The summed E-state index contributed by atoms with van der Waals surface area (Å²) in [4.78, 5) is 25.6. The van der Waals surface area contributed by atoms with E-state index in [1.54, 1.807) is 37.5 Å². The fourth-order valence-corrected chi connectivity index (χ4v) is 4.54. The van der Waals surface area contributed by atoms with Crippen molar-refractivity contribution in [1.29, 1.82) is 0 Å². The van der Waals surface area contributed by atoms with Crippen LogP contribution < -0.4 is 15.4 Å². The van der Waals surface area contributed by atoms with Crippen molar-refractivity contribution in [3.05, 3.63) is 77.1 Å². The second-order valence-corrected chi connectivity index (χ2v) is 9.81. The first-order valence-electron chi connectivity index (χ1n) is 11.4. The summed E-state index contributed by atoms with van der Waals surface area (Å²) in [6.07, 6.45) is 1.72. The van der Waals surface area contributed by atoms with Gasteiger partial charge in [0.2, 0.25) is 5.91 Å². The fourth-order valence-electron chi connectivity index (χ4n) is 3.57. The van der Waals surface area contributed by atoms with Crippen LogP contribution in [0.25, 0.3) is 0 Å². The highest BCUT2D eigenvalue weighted by Crippen LogP contribution is 2.28. The van der Waals surface area contributed by atoms with Gasteiger partial charge in [-0.25, -0.2) is 0 Å². The second-order valence-electron chi connectivity index (χ2n) is 8.46. The zero-order chi connectivity index (χ0) is 26.2. The molecule has 1 heterocycles. The predicted octanol–water partition coefficient (Wildman–Crippen LogP) is 5.29. The standard InChI is InChI=1S/C26H30ClN5O3S/c1-6-13-32-24(23(16(2)3)29-25(34)18-9-7-8-10-19(18)27)30-31-26(32)36-15-22(33)28-20-14-17(4)11-12-21(20)35-5/h6-12,14,16,23H,1,13,15H2,2-5H3,(H,28,33)(H,29,34)/t23-/m1/s1. The quantitative estimate of drug-likeness (QED) is 0.259. The summed E-state index contributed by atoms with van der Waals surface area (Å²) in [7, 11) is 1.56. The summed E-state index contributed by atoms with van der Waals surface area (Å²) >= 11 is 7.47. The van der Waals surface area contributed by atoms with Gasteiger partial charge in [-0.05, 0) is 42.7 Å². The molecular weight excluding hydrogens is 498 g/mol. The van der Waals surface area contributed by atoms with Crippen molar-refractivity contribution >= 4 is 40.9 Å². The number of hydrogen-bond donors (Lipinski definition) is 2. The zero-order valence-electron chi connectivity index (χ0n) is 20.7. The average molecular weight is 528 g/mol. The molecule has 10 heteroatoms. The van der Waals surface area contributed by atoms with Crippen LogP contribution in [0.4, 0.5) is 5.69 Å². The third-order valence-corrected chi connectivity index (χ3v) is 6.66. The molecule has 0 saturated carbocycles. The number of ether oxygens (including phenoxy) is 1. The molecule has 0 aliphatic heterocycles. The van der Waals surface area contributed by atoms with E-state index < -0.39 is 6.04 Å². The molecule has 0 unspecified atom stereocenters. The van der Waals surface area contributed by atoms with E-state index in [9.17, 15) is 9.59 Å². The Morgan fingerprint density at radius 1 is 1.22 bits per heavy atom. The highest BCUT2D eigenvalue weighted by atomic mass is 35.5. The van der Waals surface area contributed by atoms with Crippen LogP contribution in [-0.2, 0) is 11.3 Å². The van der Waals surface area contributed by atoms with Gasteiger partial charge in [0.1, 0.15) is 5.75 Å². The topological polar surface area (TPSA) is 98.1 Å². The minimum absolute atomic E-state index is 0.0131. The van der Waals surface area contributed by atoms with E-state index in [1.165, 1.54) is 11.8 Å². The van der Waals surface area contributed by atoms with Crippen LogP contribution in [-0.4, -0.2) is 39.4 Å². The van der Waals surface area contributed by atoms with Gasteiger partial charge >= 0.3 is 0 Å². The minimum atomic E-state index is -0.430. The maximum atomic E-state index is 13.0. The van der Waals surface area contributed by atoms with Gasteiger partial charge in [0, 0.05) is 6.54 Å². The third-order valence-electron chi connectivity index (χ3n) is 5.37. The largest absolute Gasteiger partial charge is 0.495 e. The number of carbonyl (C=O) groups is 2. The summed E-state index contributed by atoms with van der Waals surface area (Å²) < 4.78 is 7.19. The van der Waals surface area contributed by atoms with E-state index in [2.05, 4.69) is 27.4 Å². The predicted molar refractivity (Wildman–Crippen MR) is 144 cm³/mol. The number of carbonyl (C=O) groups excluding carboxylic acids is 2. The van der Waals surface area contributed by atoms with Crippen molar-refractivity contribution in [2.45, 2.75) is 38.5 Å². The maximum absolute atomic E-state index is 13.0. The molecule has 3 rings (SSSR count). The van der Waals surface area contributed by atoms with Crippen LogP contribution in [0.5, 0.6) is 5.75 Å². The first-order chi connectivity index (χ1) is 17.2. The molecule has 0 saturated heterocycles. The number of nitrogens with one attached hydrogen (secondary N) is 2. The van der Waals surface area contributed by atoms with Crippen molar-refractivity contribution in [3.8, 4) is 5.75 Å². The number of allylic oxidation sites excluding steroid dienone is 1. The summed E-state index contributed by atoms with van der Waals surface area (Å²) in [5.74, 6) is 0.794. The molecule has 0 radical (unpaired) electrons. The molecule has 2 amide bonds. The third kappa shape index (κ3) is 6.67. The number of thioether (sulfide) groups is 1. The van der Waals surface area contributed by atoms with Crippen LogP contribution in [0.15, 0.2) is 60.3 Å². The highest BCUT2D eigenvalue weighted by molar-refractivity contribution is 7.99. The Morgan fingerprint density at radius 2 is 1.97 bits per heavy atom. The SMILES string of the molecule is C=CCn1c(SCC(=O)Nc2cc(C)ccc2OC)nnc1[C@H](NC(=O)c1ccccc1Cl)C(C)C. The number of amides is 2. The molecule has 3 aromatic rings. The number of rotatable bonds is 11. The summed E-state index contributed by atoms with van der Waals surface area (Å²) in [6.45, 7) is 10.2. The molecule has 36 heavy (non-hydrogen) atoms. The number of aryl methyl sites for hydroxylation is 1. The molecule has 0 spiro atoms. The van der Waals surface area contributed by atoms with Gasteiger partial charge in [-0.15, -0.1) is 16.8 Å². The van der Waals surface area contributed by atoms with Gasteiger partial charge in [0.25, 0.3) is 5.91 Å². The number of aromatic nitrogens is 3. The van der Waals surface area contributed by atoms with Crippen molar-refractivity contribution in [2.24, 2.45) is 5.92 Å². The Labute approximate surface area is 220 Å². The Balaban J connectivity index is 1.77. The molecule has 0 fully saturated rings. The van der Waals surface area contributed by atoms with Crippen LogP contribution in [0.3, 0.4) is 0 Å². The molecule has 0 aliphatic carbocycles. The molecule has 2 aromatic carbocycles. The van der Waals surface area contributed by atoms with Crippen LogP contribution in [0.1, 0.15) is 41.6 Å². The first-order valence-corrected chi connectivity index (χ1v) is 12.8. The lowest BCUT2D eigenvalue weighted by Gasteiger charge is -2.23. The summed E-state index contributed by atoms with van der Waals surface area (Å²) in [5.41, 5.74) is 2.00. The van der Waals surface area contributed by atoms with E-state index >= 15 is 0 Å².